The maximum Gasteiger partial charge on any atom is 0.272 e. The molecule has 0 aliphatic carbocycles. The van der Waals surface area contributed by atoms with E-state index in [4.69, 9.17) is 0 Å². The van der Waals surface area contributed by atoms with Gasteiger partial charge in [-0.15, -0.1) is 0 Å². The lowest BCUT2D eigenvalue weighted by molar-refractivity contribution is 0.0355. The van der Waals surface area contributed by atoms with E-state index in [-0.39, 0.29) is 12.0 Å². The lowest BCUT2D eigenvalue weighted by Crippen LogP contribution is -2.49. The highest BCUT2D eigenvalue weighted by atomic mass is 16.3. The number of amides is 1. The van der Waals surface area contributed by atoms with E-state index in [1.54, 1.807) is 6.33 Å². The van der Waals surface area contributed by atoms with Gasteiger partial charge in [0.25, 0.3) is 5.91 Å². The van der Waals surface area contributed by atoms with E-state index in [2.05, 4.69) is 53.0 Å². The van der Waals surface area contributed by atoms with Gasteiger partial charge in [0.1, 0.15) is 12.0 Å². The molecule has 184 valence electrons. The van der Waals surface area contributed by atoms with Crippen LogP contribution in [0.5, 0.6) is 0 Å². The van der Waals surface area contributed by atoms with Crippen LogP contribution >= 0.6 is 0 Å². The third-order valence-electron chi connectivity index (χ3n) is 7.68. The van der Waals surface area contributed by atoms with Crippen molar-refractivity contribution in [2.45, 2.75) is 83.8 Å². The van der Waals surface area contributed by atoms with Crippen molar-refractivity contribution in [2.24, 2.45) is 0 Å². The van der Waals surface area contributed by atoms with E-state index in [9.17, 15) is 9.90 Å². The van der Waals surface area contributed by atoms with Crippen molar-refractivity contribution in [3.63, 3.8) is 0 Å². The van der Waals surface area contributed by atoms with E-state index in [0.717, 1.165) is 82.4 Å². The summed E-state index contributed by atoms with van der Waals surface area (Å²) in [5.41, 5.74) is 5.19. The Morgan fingerprint density at radius 3 is 2.32 bits per heavy atom. The Labute approximate surface area is 204 Å². The summed E-state index contributed by atoms with van der Waals surface area (Å²) < 4.78 is 0. The first kappa shape index (κ1) is 24.8. The number of hydrogen-bond acceptors (Lipinski definition) is 5. The zero-order chi connectivity index (χ0) is 24.1. The van der Waals surface area contributed by atoms with Gasteiger partial charge in [-0.25, -0.2) is 9.97 Å². The Morgan fingerprint density at radius 2 is 1.68 bits per heavy atom. The fourth-order valence-electron chi connectivity index (χ4n) is 5.32. The number of aromatic nitrogens is 2. The molecule has 0 radical (unpaired) electrons. The van der Waals surface area contributed by atoms with Crippen molar-refractivity contribution in [1.29, 1.82) is 0 Å². The lowest BCUT2D eigenvalue weighted by atomic mass is 9.98. The fraction of sp³-hybridized carbons (Fsp3) is 0.607. The summed E-state index contributed by atoms with van der Waals surface area (Å²) in [5.74, 6) is 0.594. The van der Waals surface area contributed by atoms with Crippen LogP contribution in [0.2, 0.25) is 0 Å². The lowest BCUT2D eigenvalue weighted by Gasteiger charge is -2.41. The molecule has 4 rings (SSSR count). The molecule has 1 aromatic heterocycles. The second kappa shape index (κ2) is 11.4. The molecule has 2 aliphatic rings. The summed E-state index contributed by atoms with van der Waals surface area (Å²) in [6.07, 6.45) is 7.99. The van der Waals surface area contributed by atoms with Gasteiger partial charge in [-0.1, -0.05) is 38.1 Å². The molecular formula is C28H40N4O2. The molecule has 3 heterocycles. The Kier molecular flexibility index (Phi) is 8.32. The van der Waals surface area contributed by atoms with Crippen LogP contribution in [0.25, 0.3) is 0 Å². The predicted molar refractivity (Wildman–Crippen MR) is 135 cm³/mol. The SMILES string of the molecule is Cc1c(CCCc2ccc(C(C)C)cc2)ncnc1C(=O)N1CCC(N2CCC(O)CC2)CC1. The molecule has 2 aliphatic heterocycles. The molecule has 0 bridgehead atoms. The third-order valence-corrected chi connectivity index (χ3v) is 7.68. The van der Waals surface area contributed by atoms with Crippen LogP contribution in [0.15, 0.2) is 30.6 Å². The van der Waals surface area contributed by atoms with Crippen molar-refractivity contribution in [1.82, 2.24) is 19.8 Å². The number of hydrogen-bond donors (Lipinski definition) is 1. The molecule has 0 spiro atoms. The van der Waals surface area contributed by atoms with Crippen molar-refractivity contribution in [2.75, 3.05) is 26.2 Å². The van der Waals surface area contributed by atoms with Crippen LogP contribution in [0.4, 0.5) is 0 Å². The van der Waals surface area contributed by atoms with Gasteiger partial charge in [-0.2, -0.15) is 0 Å². The molecule has 0 unspecified atom stereocenters. The van der Waals surface area contributed by atoms with Gasteiger partial charge < -0.3 is 14.9 Å². The van der Waals surface area contributed by atoms with Gasteiger partial charge in [0.2, 0.25) is 0 Å². The number of piperidine rings is 2. The average Bonchev–Trinajstić information content (AvgIpc) is 2.85. The third kappa shape index (κ3) is 6.02. The van der Waals surface area contributed by atoms with Gasteiger partial charge >= 0.3 is 0 Å². The molecule has 2 fully saturated rings. The Bertz CT molecular complexity index is 943. The number of aliphatic hydroxyl groups excluding tert-OH is 1. The first-order valence-corrected chi connectivity index (χ1v) is 13.0. The molecule has 1 amide bonds. The fourth-order valence-corrected chi connectivity index (χ4v) is 5.32. The van der Waals surface area contributed by atoms with E-state index in [0.29, 0.717) is 17.7 Å². The second-order valence-corrected chi connectivity index (χ2v) is 10.3. The summed E-state index contributed by atoms with van der Waals surface area (Å²) >= 11 is 0. The monoisotopic (exact) mass is 464 g/mol. The number of aryl methyl sites for hydroxylation is 2. The van der Waals surface area contributed by atoms with Crippen LogP contribution in [-0.4, -0.2) is 69.1 Å². The number of likely N-dealkylation sites (tertiary alicyclic amines) is 2. The normalized spacial score (nSPS) is 18.6. The molecular weight excluding hydrogens is 424 g/mol. The second-order valence-electron chi connectivity index (χ2n) is 10.3. The van der Waals surface area contributed by atoms with Crippen LogP contribution < -0.4 is 0 Å². The van der Waals surface area contributed by atoms with Gasteiger partial charge in [0.15, 0.2) is 0 Å². The van der Waals surface area contributed by atoms with Gasteiger partial charge in [0, 0.05) is 43.5 Å². The Hall–Kier alpha value is -2.31. The van der Waals surface area contributed by atoms with E-state index < -0.39 is 0 Å². The van der Waals surface area contributed by atoms with Crippen molar-refractivity contribution in [3.05, 3.63) is 58.7 Å². The maximum absolute atomic E-state index is 13.3. The van der Waals surface area contributed by atoms with Gasteiger partial charge in [0.05, 0.1) is 6.10 Å². The predicted octanol–water partition coefficient (Wildman–Crippen LogP) is 4.15. The highest BCUT2D eigenvalue weighted by Gasteiger charge is 2.30. The highest BCUT2D eigenvalue weighted by molar-refractivity contribution is 5.93. The number of nitrogens with zero attached hydrogens (tertiary/aromatic N) is 4. The minimum absolute atomic E-state index is 0.0398. The minimum atomic E-state index is -0.140. The Morgan fingerprint density at radius 1 is 1.00 bits per heavy atom. The van der Waals surface area contributed by atoms with Crippen molar-refractivity contribution in [3.8, 4) is 0 Å². The largest absolute Gasteiger partial charge is 0.393 e. The van der Waals surface area contributed by atoms with Crippen LogP contribution in [0.3, 0.4) is 0 Å². The zero-order valence-electron chi connectivity index (χ0n) is 21.0. The molecule has 34 heavy (non-hydrogen) atoms. The topological polar surface area (TPSA) is 69.6 Å². The molecule has 1 aromatic carbocycles. The standard InChI is InChI=1S/C28H40N4O2/c1-20(2)23-9-7-22(8-10-23)5-4-6-26-21(3)27(30-19-29-26)28(34)32-15-11-24(12-16-32)31-17-13-25(33)14-18-31/h7-10,19-20,24-25,33H,4-6,11-18H2,1-3H3. The maximum atomic E-state index is 13.3. The van der Waals surface area contributed by atoms with Gasteiger partial charge in [-0.3, -0.25) is 4.79 Å². The summed E-state index contributed by atoms with van der Waals surface area (Å²) in [5, 5.41) is 9.76. The molecule has 1 N–H and O–H groups in total. The average molecular weight is 465 g/mol. The molecule has 0 saturated carbocycles. The highest BCUT2D eigenvalue weighted by Crippen LogP contribution is 2.23. The summed E-state index contributed by atoms with van der Waals surface area (Å²) in [4.78, 5) is 26.6. The number of aliphatic hydroxyl groups is 1. The summed E-state index contributed by atoms with van der Waals surface area (Å²) in [6.45, 7) is 9.91. The van der Waals surface area contributed by atoms with Crippen LogP contribution in [-0.2, 0) is 12.8 Å². The number of carbonyl (C=O) groups excluding carboxylic acids is 1. The molecule has 6 nitrogen and oxygen atoms in total. The van der Waals surface area contributed by atoms with Crippen molar-refractivity contribution < 1.29 is 9.90 Å². The first-order valence-electron chi connectivity index (χ1n) is 13.0. The first-order chi connectivity index (χ1) is 16.4. The number of carbonyl (C=O) groups is 1. The minimum Gasteiger partial charge on any atom is -0.393 e. The molecule has 2 aromatic rings. The molecule has 0 atom stereocenters. The number of benzene rings is 1. The van der Waals surface area contributed by atoms with Gasteiger partial charge in [-0.05, 0) is 68.9 Å². The summed E-state index contributed by atoms with van der Waals surface area (Å²) in [7, 11) is 0. The van der Waals surface area contributed by atoms with Crippen molar-refractivity contribution >= 4 is 5.91 Å². The smallest absolute Gasteiger partial charge is 0.272 e. The number of rotatable bonds is 7. The molecule has 2 saturated heterocycles. The van der Waals surface area contributed by atoms with Crippen LogP contribution in [0, 0.1) is 6.92 Å². The van der Waals surface area contributed by atoms with E-state index in [1.165, 1.54) is 11.1 Å². The summed E-state index contributed by atoms with van der Waals surface area (Å²) in [6, 6.07) is 9.43. The quantitative estimate of drug-likeness (QED) is 0.667. The van der Waals surface area contributed by atoms with E-state index in [1.807, 2.05) is 11.8 Å². The van der Waals surface area contributed by atoms with E-state index >= 15 is 0 Å². The zero-order valence-corrected chi connectivity index (χ0v) is 21.0. The Balaban J connectivity index is 1.30. The molecule has 6 heteroatoms. The van der Waals surface area contributed by atoms with Crippen LogP contribution in [0.1, 0.15) is 84.7 Å².